The summed E-state index contributed by atoms with van der Waals surface area (Å²) < 4.78 is 14.7. The maximum Gasteiger partial charge on any atom is 0.233 e. The van der Waals surface area contributed by atoms with E-state index in [-0.39, 0.29) is 11.7 Å². The second-order valence-corrected chi connectivity index (χ2v) is 8.60. The minimum atomic E-state index is -0.213. The highest BCUT2D eigenvalue weighted by molar-refractivity contribution is 8.01. The van der Waals surface area contributed by atoms with Crippen molar-refractivity contribution in [3.63, 3.8) is 0 Å². The molecule has 0 unspecified atom stereocenters. The van der Waals surface area contributed by atoms with Gasteiger partial charge in [0.25, 0.3) is 0 Å². The number of para-hydroxylation sites is 1. The average molecular weight is 394 g/mol. The Morgan fingerprint density at radius 3 is 2.73 bits per heavy atom. The standard InChI is InChI=1S/C17H20FN5OS2/c18-13-3-1-2-4-14(13)22-7-9-23(10-8-22)15(24)11-25-17-21-20-16(26-17)19-12-5-6-12/h1-4,12H,5-11H2,(H,19,20). The number of amides is 1. The molecule has 0 spiro atoms. The number of hydrogen-bond acceptors (Lipinski definition) is 7. The van der Waals surface area contributed by atoms with Crippen LogP contribution in [0.4, 0.5) is 15.2 Å². The summed E-state index contributed by atoms with van der Waals surface area (Å²) in [6.07, 6.45) is 2.39. The fourth-order valence-corrected chi connectivity index (χ4v) is 4.58. The molecule has 0 atom stereocenters. The molecule has 2 fully saturated rings. The van der Waals surface area contributed by atoms with Gasteiger partial charge in [-0.05, 0) is 25.0 Å². The average Bonchev–Trinajstić information content (AvgIpc) is 3.36. The molecule has 1 aromatic carbocycles. The number of piperazine rings is 1. The molecule has 1 aliphatic carbocycles. The molecule has 1 aromatic heterocycles. The molecule has 2 heterocycles. The molecule has 2 aromatic rings. The minimum absolute atomic E-state index is 0.0927. The molecule has 0 radical (unpaired) electrons. The van der Waals surface area contributed by atoms with Crippen molar-refractivity contribution in [2.45, 2.75) is 23.2 Å². The molecule has 0 bridgehead atoms. The Morgan fingerprint density at radius 1 is 1.23 bits per heavy atom. The van der Waals surface area contributed by atoms with Crippen molar-refractivity contribution in [1.82, 2.24) is 15.1 Å². The first kappa shape index (κ1) is 17.5. The molecule has 1 N–H and O–H groups in total. The Kier molecular flexibility index (Phi) is 5.26. The Labute approximate surface area is 159 Å². The summed E-state index contributed by atoms with van der Waals surface area (Å²) in [5.74, 6) is 0.238. The second kappa shape index (κ2) is 7.79. The van der Waals surface area contributed by atoms with Gasteiger partial charge in [-0.15, -0.1) is 10.2 Å². The third kappa shape index (κ3) is 4.27. The number of nitrogens with one attached hydrogen (secondary N) is 1. The van der Waals surface area contributed by atoms with E-state index in [0.29, 0.717) is 43.7 Å². The van der Waals surface area contributed by atoms with Crippen LogP contribution in [0.5, 0.6) is 0 Å². The van der Waals surface area contributed by atoms with Crippen molar-refractivity contribution in [2.24, 2.45) is 0 Å². The van der Waals surface area contributed by atoms with Crippen molar-refractivity contribution in [3.05, 3.63) is 30.1 Å². The number of anilines is 2. The van der Waals surface area contributed by atoms with Crippen LogP contribution in [0.2, 0.25) is 0 Å². The number of benzene rings is 1. The van der Waals surface area contributed by atoms with Crippen LogP contribution in [0.3, 0.4) is 0 Å². The second-order valence-electron chi connectivity index (χ2n) is 6.40. The smallest absolute Gasteiger partial charge is 0.233 e. The third-order valence-corrected chi connectivity index (χ3v) is 6.43. The van der Waals surface area contributed by atoms with Crippen molar-refractivity contribution in [1.29, 1.82) is 0 Å². The Morgan fingerprint density at radius 2 is 2.00 bits per heavy atom. The van der Waals surface area contributed by atoms with Gasteiger partial charge >= 0.3 is 0 Å². The molecule has 1 saturated heterocycles. The lowest BCUT2D eigenvalue weighted by Crippen LogP contribution is -2.49. The summed E-state index contributed by atoms with van der Waals surface area (Å²) in [4.78, 5) is 16.3. The molecule has 1 amide bonds. The highest BCUT2D eigenvalue weighted by atomic mass is 32.2. The molecular weight excluding hydrogens is 373 g/mol. The van der Waals surface area contributed by atoms with Crippen molar-refractivity contribution < 1.29 is 9.18 Å². The van der Waals surface area contributed by atoms with Crippen LogP contribution in [-0.4, -0.2) is 59.0 Å². The summed E-state index contributed by atoms with van der Waals surface area (Å²) in [6.45, 7) is 2.51. The summed E-state index contributed by atoms with van der Waals surface area (Å²) in [7, 11) is 0. The number of thioether (sulfide) groups is 1. The number of carbonyl (C=O) groups is 1. The summed E-state index contributed by atoms with van der Waals surface area (Å²) >= 11 is 2.93. The van der Waals surface area contributed by atoms with E-state index in [9.17, 15) is 9.18 Å². The lowest BCUT2D eigenvalue weighted by atomic mass is 10.2. The quantitative estimate of drug-likeness (QED) is 0.762. The van der Waals surface area contributed by atoms with Gasteiger partial charge < -0.3 is 15.1 Å². The zero-order valence-electron chi connectivity index (χ0n) is 14.2. The zero-order chi connectivity index (χ0) is 17.9. The fourth-order valence-electron chi connectivity index (χ4n) is 2.85. The number of nitrogens with zero attached hydrogens (tertiary/aromatic N) is 4. The maximum atomic E-state index is 13.9. The monoisotopic (exact) mass is 393 g/mol. The van der Waals surface area contributed by atoms with Crippen LogP contribution < -0.4 is 10.2 Å². The molecule has 1 saturated carbocycles. The predicted molar refractivity (Wildman–Crippen MR) is 102 cm³/mol. The fraction of sp³-hybridized carbons (Fsp3) is 0.471. The number of rotatable bonds is 6. The van der Waals surface area contributed by atoms with E-state index in [2.05, 4.69) is 15.5 Å². The summed E-state index contributed by atoms with van der Waals surface area (Å²) in [6, 6.07) is 7.33. The molecule has 1 aliphatic heterocycles. The first-order chi connectivity index (χ1) is 12.7. The Balaban J connectivity index is 1.24. The minimum Gasteiger partial charge on any atom is -0.366 e. The van der Waals surface area contributed by atoms with E-state index in [1.165, 1.54) is 42.0 Å². The predicted octanol–water partition coefficient (Wildman–Crippen LogP) is 2.69. The molecule has 26 heavy (non-hydrogen) atoms. The number of aromatic nitrogens is 2. The van der Waals surface area contributed by atoms with Gasteiger partial charge in [0, 0.05) is 32.2 Å². The van der Waals surface area contributed by atoms with Crippen molar-refractivity contribution in [3.8, 4) is 0 Å². The van der Waals surface area contributed by atoms with Gasteiger partial charge in [-0.2, -0.15) is 0 Å². The van der Waals surface area contributed by atoms with Crippen LogP contribution in [0.25, 0.3) is 0 Å². The van der Waals surface area contributed by atoms with Gasteiger partial charge in [0.15, 0.2) is 4.34 Å². The van der Waals surface area contributed by atoms with Gasteiger partial charge in [-0.1, -0.05) is 35.2 Å². The topological polar surface area (TPSA) is 61.4 Å². The highest BCUT2D eigenvalue weighted by Gasteiger charge is 2.24. The molecule has 2 aliphatic rings. The van der Waals surface area contributed by atoms with E-state index >= 15 is 0 Å². The lowest BCUT2D eigenvalue weighted by molar-refractivity contribution is -0.128. The van der Waals surface area contributed by atoms with Crippen molar-refractivity contribution in [2.75, 3.05) is 42.1 Å². The molecule has 6 nitrogen and oxygen atoms in total. The summed E-state index contributed by atoms with van der Waals surface area (Å²) in [5, 5.41) is 12.4. The number of hydrogen-bond donors (Lipinski definition) is 1. The van der Waals surface area contributed by atoms with Crippen LogP contribution in [0, 0.1) is 5.82 Å². The van der Waals surface area contributed by atoms with Gasteiger partial charge in [-0.3, -0.25) is 4.79 Å². The van der Waals surface area contributed by atoms with Crippen LogP contribution in [0.1, 0.15) is 12.8 Å². The van der Waals surface area contributed by atoms with E-state index < -0.39 is 0 Å². The molecular formula is C17H20FN5OS2. The van der Waals surface area contributed by atoms with E-state index in [1.54, 1.807) is 12.1 Å². The number of halogens is 1. The first-order valence-electron chi connectivity index (χ1n) is 8.69. The molecule has 138 valence electrons. The third-order valence-electron chi connectivity index (χ3n) is 4.46. The van der Waals surface area contributed by atoms with Crippen LogP contribution in [-0.2, 0) is 4.79 Å². The molecule has 4 rings (SSSR count). The van der Waals surface area contributed by atoms with Gasteiger partial charge in [0.05, 0.1) is 11.4 Å². The van der Waals surface area contributed by atoms with Crippen LogP contribution >= 0.6 is 23.1 Å². The largest absolute Gasteiger partial charge is 0.366 e. The highest BCUT2D eigenvalue weighted by Crippen LogP contribution is 2.30. The van der Waals surface area contributed by atoms with E-state index in [4.69, 9.17) is 0 Å². The number of carbonyl (C=O) groups excluding carboxylic acids is 1. The lowest BCUT2D eigenvalue weighted by Gasteiger charge is -2.36. The molecule has 9 heteroatoms. The van der Waals surface area contributed by atoms with Gasteiger partial charge in [-0.25, -0.2) is 4.39 Å². The normalized spacial score (nSPS) is 17.4. The zero-order valence-corrected chi connectivity index (χ0v) is 15.9. The SMILES string of the molecule is O=C(CSc1nnc(NC2CC2)s1)N1CCN(c2ccccc2F)CC1. The first-order valence-corrected chi connectivity index (χ1v) is 10.5. The van der Waals surface area contributed by atoms with Crippen molar-refractivity contribution >= 4 is 39.8 Å². The Bertz CT molecular complexity index is 774. The van der Waals surface area contributed by atoms with Gasteiger partial charge in [0.1, 0.15) is 5.82 Å². The van der Waals surface area contributed by atoms with Crippen LogP contribution in [0.15, 0.2) is 28.6 Å². The summed E-state index contributed by atoms with van der Waals surface area (Å²) in [5.41, 5.74) is 0.610. The van der Waals surface area contributed by atoms with Gasteiger partial charge in [0.2, 0.25) is 11.0 Å². The Hall–Kier alpha value is -1.87. The van der Waals surface area contributed by atoms with E-state index in [1.807, 2.05) is 15.9 Å². The maximum absolute atomic E-state index is 13.9. The van der Waals surface area contributed by atoms with E-state index in [0.717, 1.165) is 9.47 Å².